The standard InChI is InChI=1S/C21H20ClN5O4S/c1-11-5-4-6-14(18(11)23-12(2)28)19-20(30)25-21(27-26-19)32-10-17(29)24-15-9-13(22)7-8-16(15)31-3/h4-9H,10H2,1-3H3,(H,23,28)(H,24,29)(H,25,27,30). The highest BCUT2D eigenvalue weighted by Crippen LogP contribution is 2.29. The lowest BCUT2D eigenvalue weighted by atomic mass is 10.1. The zero-order valence-corrected chi connectivity index (χ0v) is 19.1. The van der Waals surface area contributed by atoms with Crippen LogP contribution in [0, 0.1) is 6.92 Å². The number of anilines is 2. The molecule has 0 atom stereocenters. The van der Waals surface area contributed by atoms with Crippen LogP contribution in [0.2, 0.25) is 5.02 Å². The Kier molecular flexibility index (Phi) is 7.49. The van der Waals surface area contributed by atoms with E-state index in [2.05, 4.69) is 25.8 Å². The van der Waals surface area contributed by atoms with E-state index in [0.717, 1.165) is 17.3 Å². The van der Waals surface area contributed by atoms with Crippen molar-refractivity contribution in [2.24, 2.45) is 0 Å². The van der Waals surface area contributed by atoms with E-state index in [-0.39, 0.29) is 28.4 Å². The van der Waals surface area contributed by atoms with Gasteiger partial charge in [0.05, 0.1) is 24.2 Å². The number of halogens is 1. The second-order valence-electron chi connectivity index (χ2n) is 6.67. The maximum Gasteiger partial charge on any atom is 0.278 e. The Hall–Kier alpha value is -3.37. The molecule has 0 unspecified atom stereocenters. The molecule has 3 aromatic rings. The predicted octanol–water partition coefficient (Wildman–Crippen LogP) is 3.49. The quantitative estimate of drug-likeness (QED) is 0.448. The molecule has 0 fully saturated rings. The number of para-hydroxylation sites is 1. The number of aromatic amines is 1. The second-order valence-corrected chi connectivity index (χ2v) is 8.07. The number of rotatable bonds is 7. The van der Waals surface area contributed by atoms with Gasteiger partial charge in [-0.15, -0.1) is 10.2 Å². The summed E-state index contributed by atoms with van der Waals surface area (Å²) in [4.78, 5) is 39.1. The van der Waals surface area contributed by atoms with Gasteiger partial charge in [0.15, 0.2) is 10.9 Å². The molecule has 2 aromatic carbocycles. The van der Waals surface area contributed by atoms with Crippen LogP contribution in [0.1, 0.15) is 12.5 Å². The molecule has 3 rings (SSSR count). The predicted molar refractivity (Wildman–Crippen MR) is 124 cm³/mol. The number of amides is 2. The number of carbonyl (C=O) groups excluding carboxylic acids is 2. The van der Waals surface area contributed by atoms with Crippen LogP contribution in [0.3, 0.4) is 0 Å². The van der Waals surface area contributed by atoms with Gasteiger partial charge in [-0.05, 0) is 30.7 Å². The topological polar surface area (TPSA) is 126 Å². The SMILES string of the molecule is COc1ccc(Cl)cc1NC(=O)CSc1nnc(-c2cccc(C)c2NC(C)=O)c(=O)[nH]1. The highest BCUT2D eigenvalue weighted by Gasteiger charge is 2.16. The van der Waals surface area contributed by atoms with Crippen molar-refractivity contribution >= 4 is 46.6 Å². The van der Waals surface area contributed by atoms with Gasteiger partial charge < -0.3 is 15.4 Å². The molecule has 0 aliphatic rings. The van der Waals surface area contributed by atoms with Crippen molar-refractivity contribution in [3.05, 3.63) is 57.3 Å². The molecule has 0 spiro atoms. The van der Waals surface area contributed by atoms with Gasteiger partial charge in [-0.1, -0.05) is 41.6 Å². The summed E-state index contributed by atoms with van der Waals surface area (Å²) < 4.78 is 5.20. The van der Waals surface area contributed by atoms with E-state index in [1.54, 1.807) is 30.3 Å². The lowest BCUT2D eigenvalue weighted by molar-refractivity contribution is -0.114. The first-order chi connectivity index (χ1) is 15.3. The lowest BCUT2D eigenvalue weighted by Gasteiger charge is -2.12. The number of nitrogens with zero attached hydrogens (tertiary/aromatic N) is 2. The highest BCUT2D eigenvalue weighted by molar-refractivity contribution is 7.99. The molecule has 1 heterocycles. The number of hydrogen-bond acceptors (Lipinski definition) is 7. The number of thioether (sulfide) groups is 1. The molecule has 0 bridgehead atoms. The van der Waals surface area contributed by atoms with Gasteiger partial charge in [0.2, 0.25) is 11.8 Å². The maximum atomic E-state index is 12.6. The Morgan fingerprint density at radius 3 is 2.66 bits per heavy atom. The molecule has 0 saturated heterocycles. The van der Waals surface area contributed by atoms with E-state index in [1.165, 1.54) is 14.0 Å². The van der Waals surface area contributed by atoms with E-state index in [9.17, 15) is 14.4 Å². The second kappa shape index (κ2) is 10.3. The first-order valence-electron chi connectivity index (χ1n) is 9.39. The first kappa shape index (κ1) is 23.3. The number of methoxy groups -OCH3 is 1. The van der Waals surface area contributed by atoms with Crippen LogP contribution >= 0.6 is 23.4 Å². The van der Waals surface area contributed by atoms with Gasteiger partial charge in [0.1, 0.15) is 5.75 Å². The van der Waals surface area contributed by atoms with E-state index in [0.29, 0.717) is 27.7 Å². The third kappa shape index (κ3) is 5.65. The summed E-state index contributed by atoms with van der Waals surface area (Å²) in [6.07, 6.45) is 0. The molecule has 0 radical (unpaired) electrons. The number of aromatic nitrogens is 3. The normalized spacial score (nSPS) is 10.5. The molecular weight excluding hydrogens is 454 g/mol. The molecule has 32 heavy (non-hydrogen) atoms. The number of nitrogens with one attached hydrogen (secondary N) is 3. The van der Waals surface area contributed by atoms with Gasteiger partial charge >= 0.3 is 0 Å². The van der Waals surface area contributed by atoms with Crippen LogP contribution in [0.15, 0.2) is 46.3 Å². The molecule has 11 heteroatoms. The summed E-state index contributed by atoms with van der Waals surface area (Å²) >= 11 is 6.99. The largest absolute Gasteiger partial charge is 0.495 e. The summed E-state index contributed by atoms with van der Waals surface area (Å²) in [5, 5.41) is 14.1. The van der Waals surface area contributed by atoms with Crippen LogP contribution in [0.4, 0.5) is 11.4 Å². The number of benzene rings is 2. The Balaban J connectivity index is 1.74. The molecule has 0 aliphatic carbocycles. The summed E-state index contributed by atoms with van der Waals surface area (Å²) in [6, 6.07) is 10.1. The van der Waals surface area contributed by atoms with Crippen molar-refractivity contribution in [3.63, 3.8) is 0 Å². The molecular formula is C21H20ClN5O4S. The molecule has 9 nitrogen and oxygen atoms in total. The molecule has 0 saturated carbocycles. The van der Waals surface area contributed by atoms with E-state index < -0.39 is 5.56 Å². The molecule has 166 valence electrons. The van der Waals surface area contributed by atoms with Crippen molar-refractivity contribution in [2.45, 2.75) is 19.0 Å². The van der Waals surface area contributed by atoms with Crippen LogP contribution in [0.25, 0.3) is 11.3 Å². The number of ether oxygens (including phenoxy) is 1. The van der Waals surface area contributed by atoms with Gasteiger partial charge in [0.25, 0.3) is 5.56 Å². The van der Waals surface area contributed by atoms with Crippen LogP contribution in [0.5, 0.6) is 5.75 Å². The summed E-state index contributed by atoms with van der Waals surface area (Å²) in [7, 11) is 1.49. The van der Waals surface area contributed by atoms with Gasteiger partial charge in [0, 0.05) is 17.5 Å². The third-order valence-corrected chi connectivity index (χ3v) is 5.38. The molecule has 2 amide bonds. The van der Waals surface area contributed by atoms with Gasteiger partial charge in [-0.25, -0.2) is 0 Å². The minimum absolute atomic E-state index is 0.0266. The molecule has 1 aromatic heterocycles. The zero-order valence-electron chi connectivity index (χ0n) is 17.5. The molecule has 3 N–H and O–H groups in total. The third-order valence-electron chi connectivity index (χ3n) is 4.28. The highest BCUT2D eigenvalue weighted by atomic mass is 35.5. The fourth-order valence-electron chi connectivity index (χ4n) is 2.87. The summed E-state index contributed by atoms with van der Waals surface area (Å²) in [5.41, 5.74) is 1.74. The van der Waals surface area contributed by atoms with Gasteiger partial charge in [-0.3, -0.25) is 19.4 Å². The Labute approximate surface area is 192 Å². The van der Waals surface area contributed by atoms with Crippen LogP contribution in [-0.4, -0.2) is 39.9 Å². The Morgan fingerprint density at radius 1 is 1.19 bits per heavy atom. The van der Waals surface area contributed by atoms with E-state index in [4.69, 9.17) is 16.3 Å². The zero-order chi connectivity index (χ0) is 23.3. The minimum atomic E-state index is -0.489. The van der Waals surface area contributed by atoms with E-state index >= 15 is 0 Å². The number of carbonyl (C=O) groups is 2. The lowest BCUT2D eigenvalue weighted by Crippen LogP contribution is -2.18. The first-order valence-corrected chi connectivity index (χ1v) is 10.8. The minimum Gasteiger partial charge on any atom is -0.495 e. The number of hydrogen-bond donors (Lipinski definition) is 3. The number of H-pyrrole nitrogens is 1. The average molecular weight is 474 g/mol. The maximum absolute atomic E-state index is 12.6. The average Bonchev–Trinajstić information content (AvgIpc) is 2.74. The molecule has 0 aliphatic heterocycles. The van der Waals surface area contributed by atoms with Crippen molar-refractivity contribution in [1.29, 1.82) is 0 Å². The van der Waals surface area contributed by atoms with Crippen molar-refractivity contribution in [1.82, 2.24) is 15.2 Å². The van der Waals surface area contributed by atoms with Crippen LogP contribution in [-0.2, 0) is 9.59 Å². The monoisotopic (exact) mass is 473 g/mol. The Morgan fingerprint density at radius 2 is 1.97 bits per heavy atom. The summed E-state index contributed by atoms with van der Waals surface area (Å²) in [5.74, 6) is -0.159. The number of aryl methyl sites for hydroxylation is 1. The van der Waals surface area contributed by atoms with Crippen molar-refractivity contribution < 1.29 is 14.3 Å². The van der Waals surface area contributed by atoms with E-state index in [1.807, 2.05) is 13.0 Å². The Bertz CT molecular complexity index is 1230. The summed E-state index contributed by atoms with van der Waals surface area (Å²) in [6.45, 7) is 3.20. The van der Waals surface area contributed by atoms with Crippen molar-refractivity contribution in [3.8, 4) is 17.0 Å². The van der Waals surface area contributed by atoms with Crippen LogP contribution < -0.4 is 20.9 Å². The fourth-order valence-corrected chi connectivity index (χ4v) is 3.64. The smallest absolute Gasteiger partial charge is 0.278 e. The van der Waals surface area contributed by atoms with Crippen molar-refractivity contribution in [2.75, 3.05) is 23.5 Å². The van der Waals surface area contributed by atoms with Gasteiger partial charge in [-0.2, -0.15) is 0 Å². The fraction of sp³-hybridized carbons (Fsp3) is 0.190.